The number of anilines is 1. The van der Waals surface area contributed by atoms with E-state index in [2.05, 4.69) is 10.3 Å². The standard InChI is InChI=1S/C14H20N2O3/c1-2-19-14(18)12-4-3-7-15-13(12)16-9-10-5-6-11(17)8-10/h3-4,7,10-11,17H,2,5-6,8-9H2,1H3,(H,15,16). The average molecular weight is 264 g/mol. The molecule has 5 nitrogen and oxygen atoms in total. The van der Waals surface area contributed by atoms with Crippen LogP contribution in [0.15, 0.2) is 18.3 Å². The fourth-order valence-corrected chi connectivity index (χ4v) is 2.39. The van der Waals surface area contributed by atoms with Crippen molar-refractivity contribution in [3.8, 4) is 0 Å². The predicted molar refractivity (Wildman–Crippen MR) is 72.0 cm³/mol. The second kappa shape index (κ2) is 6.52. The van der Waals surface area contributed by atoms with Gasteiger partial charge in [-0.15, -0.1) is 0 Å². The summed E-state index contributed by atoms with van der Waals surface area (Å²) in [6.07, 6.45) is 4.15. The summed E-state index contributed by atoms with van der Waals surface area (Å²) in [5.74, 6) is 0.638. The highest BCUT2D eigenvalue weighted by atomic mass is 16.5. The van der Waals surface area contributed by atoms with E-state index in [0.717, 1.165) is 25.8 Å². The fraction of sp³-hybridized carbons (Fsp3) is 0.571. The fourth-order valence-electron chi connectivity index (χ4n) is 2.39. The molecular formula is C14H20N2O3. The average Bonchev–Trinajstić information content (AvgIpc) is 2.83. The molecule has 0 aromatic carbocycles. The van der Waals surface area contributed by atoms with Gasteiger partial charge in [0.2, 0.25) is 0 Å². The SMILES string of the molecule is CCOC(=O)c1cccnc1NCC1CCC(O)C1. The van der Waals surface area contributed by atoms with E-state index >= 15 is 0 Å². The summed E-state index contributed by atoms with van der Waals surface area (Å²) >= 11 is 0. The number of nitrogens with zero attached hydrogens (tertiary/aromatic N) is 1. The lowest BCUT2D eigenvalue weighted by Gasteiger charge is -2.13. The molecule has 0 radical (unpaired) electrons. The summed E-state index contributed by atoms with van der Waals surface area (Å²) in [6.45, 7) is 2.85. The Morgan fingerprint density at radius 1 is 1.58 bits per heavy atom. The molecule has 5 heteroatoms. The maximum Gasteiger partial charge on any atom is 0.341 e. The number of hydrogen-bond donors (Lipinski definition) is 2. The molecule has 1 aliphatic carbocycles. The van der Waals surface area contributed by atoms with Crippen LogP contribution in [0.25, 0.3) is 0 Å². The van der Waals surface area contributed by atoms with Gasteiger partial charge in [-0.2, -0.15) is 0 Å². The van der Waals surface area contributed by atoms with Gasteiger partial charge in [0, 0.05) is 12.7 Å². The minimum absolute atomic E-state index is 0.181. The number of pyridine rings is 1. The van der Waals surface area contributed by atoms with Crippen molar-refractivity contribution < 1.29 is 14.6 Å². The maximum atomic E-state index is 11.8. The van der Waals surface area contributed by atoms with E-state index in [1.54, 1.807) is 25.3 Å². The smallest absolute Gasteiger partial charge is 0.341 e. The minimum Gasteiger partial charge on any atom is -0.462 e. The third kappa shape index (κ3) is 3.67. The highest BCUT2D eigenvalue weighted by Crippen LogP contribution is 2.25. The van der Waals surface area contributed by atoms with Crippen molar-refractivity contribution in [1.29, 1.82) is 0 Å². The van der Waals surface area contributed by atoms with Crippen LogP contribution in [0, 0.1) is 5.92 Å². The highest BCUT2D eigenvalue weighted by Gasteiger charge is 2.23. The molecule has 0 aliphatic heterocycles. The van der Waals surface area contributed by atoms with Crippen LogP contribution in [-0.4, -0.2) is 35.3 Å². The number of aliphatic hydroxyl groups is 1. The first-order valence-electron chi connectivity index (χ1n) is 6.74. The maximum absolute atomic E-state index is 11.8. The predicted octanol–water partition coefficient (Wildman–Crippen LogP) is 1.83. The number of nitrogens with one attached hydrogen (secondary N) is 1. The number of carbonyl (C=O) groups excluding carboxylic acids is 1. The Morgan fingerprint density at radius 2 is 2.42 bits per heavy atom. The Kier molecular flexibility index (Phi) is 4.74. The molecule has 19 heavy (non-hydrogen) atoms. The molecule has 0 spiro atoms. The normalized spacial score (nSPS) is 22.2. The van der Waals surface area contributed by atoms with Gasteiger partial charge >= 0.3 is 5.97 Å². The lowest BCUT2D eigenvalue weighted by molar-refractivity contribution is 0.0527. The molecule has 2 atom stereocenters. The van der Waals surface area contributed by atoms with Gasteiger partial charge in [0.15, 0.2) is 0 Å². The molecule has 1 fully saturated rings. The van der Waals surface area contributed by atoms with Gasteiger partial charge in [-0.1, -0.05) is 0 Å². The van der Waals surface area contributed by atoms with Gasteiger partial charge < -0.3 is 15.2 Å². The van der Waals surface area contributed by atoms with Crippen LogP contribution in [0.1, 0.15) is 36.5 Å². The zero-order valence-electron chi connectivity index (χ0n) is 11.1. The Labute approximate surface area is 113 Å². The quantitative estimate of drug-likeness (QED) is 0.794. The molecule has 104 valence electrons. The molecular weight excluding hydrogens is 244 g/mol. The van der Waals surface area contributed by atoms with Gasteiger partial charge in [-0.05, 0) is 44.2 Å². The summed E-state index contributed by atoms with van der Waals surface area (Å²) in [4.78, 5) is 16.0. The van der Waals surface area contributed by atoms with Gasteiger partial charge in [-0.25, -0.2) is 9.78 Å². The van der Waals surface area contributed by atoms with Gasteiger partial charge in [0.25, 0.3) is 0 Å². The Bertz CT molecular complexity index is 436. The monoisotopic (exact) mass is 264 g/mol. The van der Waals surface area contributed by atoms with Crippen molar-refractivity contribution in [2.45, 2.75) is 32.3 Å². The van der Waals surface area contributed by atoms with E-state index in [1.165, 1.54) is 0 Å². The lowest BCUT2D eigenvalue weighted by Crippen LogP contribution is -2.16. The highest BCUT2D eigenvalue weighted by molar-refractivity contribution is 5.94. The molecule has 0 bridgehead atoms. The first-order chi connectivity index (χ1) is 9.20. The van der Waals surface area contributed by atoms with E-state index in [4.69, 9.17) is 4.74 Å². The molecule has 0 saturated heterocycles. The summed E-state index contributed by atoms with van der Waals surface area (Å²) < 4.78 is 5.00. The van der Waals surface area contributed by atoms with E-state index in [-0.39, 0.29) is 12.1 Å². The van der Waals surface area contributed by atoms with Crippen LogP contribution in [0.4, 0.5) is 5.82 Å². The van der Waals surface area contributed by atoms with E-state index in [0.29, 0.717) is 23.9 Å². The molecule has 1 aromatic rings. The number of aliphatic hydroxyl groups excluding tert-OH is 1. The zero-order chi connectivity index (χ0) is 13.7. The first-order valence-corrected chi connectivity index (χ1v) is 6.74. The summed E-state index contributed by atoms with van der Waals surface area (Å²) in [6, 6.07) is 3.42. The second-order valence-corrected chi connectivity index (χ2v) is 4.83. The first kappa shape index (κ1) is 13.8. The van der Waals surface area contributed by atoms with Gasteiger partial charge in [0.1, 0.15) is 11.4 Å². The topological polar surface area (TPSA) is 71.5 Å². The molecule has 1 heterocycles. The molecule has 1 saturated carbocycles. The minimum atomic E-state index is -0.357. The van der Waals surface area contributed by atoms with Crippen LogP contribution in [0.3, 0.4) is 0 Å². The number of ether oxygens (including phenoxy) is 1. The summed E-state index contributed by atoms with van der Waals surface area (Å²) in [5, 5.41) is 12.7. The Balaban J connectivity index is 1.97. The van der Waals surface area contributed by atoms with E-state index in [1.807, 2.05) is 0 Å². The number of esters is 1. The van der Waals surface area contributed by atoms with Crippen LogP contribution >= 0.6 is 0 Å². The molecule has 2 rings (SSSR count). The van der Waals surface area contributed by atoms with E-state index < -0.39 is 0 Å². The largest absolute Gasteiger partial charge is 0.462 e. The van der Waals surface area contributed by atoms with Crippen molar-refractivity contribution in [3.05, 3.63) is 23.9 Å². The van der Waals surface area contributed by atoms with Gasteiger partial charge in [0.05, 0.1) is 12.7 Å². The number of aromatic nitrogens is 1. The van der Waals surface area contributed by atoms with Crippen LogP contribution in [-0.2, 0) is 4.74 Å². The van der Waals surface area contributed by atoms with Crippen molar-refractivity contribution in [3.63, 3.8) is 0 Å². The van der Waals surface area contributed by atoms with Crippen molar-refractivity contribution in [2.75, 3.05) is 18.5 Å². The lowest BCUT2D eigenvalue weighted by atomic mass is 10.1. The number of carbonyl (C=O) groups is 1. The molecule has 0 amide bonds. The van der Waals surface area contributed by atoms with Gasteiger partial charge in [-0.3, -0.25) is 0 Å². The molecule has 2 unspecified atom stereocenters. The van der Waals surface area contributed by atoms with Crippen molar-refractivity contribution in [2.24, 2.45) is 5.92 Å². The number of hydrogen-bond acceptors (Lipinski definition) is 5. The van der Waals surface area contributed by atoms with Crippen molar-refractivity contribution in [1.82, 2.24) is 4.98 Å². The zero-order valence-corrected chi connectivity index (χ0v) is 11.1. The van der Waals surface area contributed by atoms with Crippen molar-refractivity contribution >= 4 is 11.8 Å². The van der Waals surface area contributed by atoms with Crippen LogP contribution < -0.4 is 5.32 Å². The van der Waals surface area contributed by atoms with E-state index in [9.17, 15) is 9.90 Å². The Morgan fingerprint density at radius 3 is 3.11 bits per heavy atom. The van der Waals surface area contributed by atoms with Crippen LogP contribution in [0.2, 0.25) is 0 Å². The van der Waals surface area contributed by atoms with Crippen LogP contribution in [0.5, 0.6) is 0 Å². The third-order valence-electron chi connectivity index (χ3n) is 3.37. The number of rotatable bonds is 5. The second-order valence-electron chi connectivity index (χ2n) is 4.83. The third-order valence-corrected chi connectivity index (χ3v) is 3.37. The summed E-state index contributed by atoms with van der Waals surface area (Å²) in [5.41, 5.74) is 0.461. The summed E-state index contributed by atoms with van der Waals surface area (Å²) in [7, 11) is 0. The molecule has 2 N–H and O–H groups in total. The molecule has 1 aromatic heterocycles. The molecule has 1 aliphatic rings. The Hall–Kier alpha value is -1.62.